The van der Waals surface area contributed by atoms with E-state index in [-0.39, 0.29) is 17.9 Å². The standard InChI is InChI=1S/C27H30N4O/c1-19-9-11-21(12-10-19)24-13-14-26(30-29-24)31-17-15-22(16-18-31)27(32)28-25-8-4-6-20-5-2-3-7-23(20)25/h2-3,5,7,9-14,22,25H,4,6,8,15-18H2,1H3,(H,28,32)/t25-/m1/s1. The predicted octanol–water partition coefficient (Wildman–Crippen LogP) is 4.86. The van der Waals surface area contributed by atoms with Crippen molar-refractivity contribution < 1.29 is 4.79 Å². The molecule has 2 aliphatic rings. The number of fused-ring (bicyclic) bond motifs is 1. The van der Waals surface area contributed by atoms with E-state index in [9.17, 15) is 4.79 Å². The predicted molar refractivity (Wildman–Crippen MR) is 127 cm³/mol. The molecule has 0 bridgehead atoms. The summed E-state index contributed by atoms with van der Waals surface area (Å²) in [4.78, 5) is 15.2. The first-order chi connectivity index (χ1) is 15.7. The molecule has 2 aromatic carbocycles. The molecule has 0 saturated carbocycles. The van der Waals surface area contributed by atoms with Crippen molar-refractivity contribution in [3.8, 4) is 11.3 Å². The van der Waals surface area contributed by atoms with Gasteiger partial charge in [-0.25, -0.2) is 0 Å². The Morgan fingerprint density at radius 3 is 2.47 bits per heavy atom. The molecule has 1 amide bonds. The van der Waals surface area contributed by atoms with Crippen molar-refractivity contribution in [1.29, 1.82) is 0 Å². The van der Waals surface area contributed by atoms with E-state index in [1.807, 2.05) is 12.1 Å². The van der Waals surface area contributed by atoms with Crippen LogP contribution >= 0.6 is 0 Å². The van der Waals surface area contributed by atoms with Gasteiger partial charge in [-0.2, -0.15) is 0 Å². The zero-order chi connectivity index (χ0) is 21.9. The van der Waals surface area contributed by atoms with Gasteiger partial charge in [0.25, 0.3) is 0 Å². The van der Waals surface area contributed by atoms with Crippen LogP contribution in [-0.2, 0) is 11.2 Å². The molecule has 1 aromatic heterocycles. The molecule has 1 saturated heterocycles. The van der Waals surface area contributed by atoms with Gasteiger partial charge in [0.2, 0.25) is 5.91 Å². The van der Waals surface area contributed by atoms with Crippen molar-refractivity contribution in [3.63, 3.8) is 0 Å². The van der Waals surface area contributed by atoms with E-state index >= 15 is 0 Å². The van der Waals surface area contributed by atoms with Crippen LogP contribution in [0.15, 0.2) is 60.7 Å². The Morgan fingerprint density at radius 2 is 1.72 bits per heavy atom. The molecule has 2 heterocycles. The normalized spacial score (nSPS) is 18.8. The highest BCUT2D eigenvalue weighted by Gasteiger charge is 2.29. The minimum atomic E-state index is 0.0696. The lowest BCUT2D eigenvalue weighted by atomic mass is 9.87. The largest absolute Gasteiger partial charge is 0.355 e. The quantitative estimate of drug-likeness (QED) is 0.647. The molecule has 0 radical (unpaired) electrons. The van der Waals surface area contributed by atoms with Crippen LogP contribution in [0.2, 0.25) is 0 Å². The van der Waals surface area contributed by atoms with Crippen molar-refractivity contribution in [2.75, 3.05) is 18.0 Å². The van der Waals surface area contributed by atoms with Gasteiger partial charge >= 0.3 is 0 Å². The Balaban J connectivity index is 1.17. The molecule has 1 N–H and O–H groups in total. The van der Waals surface area contributed by atoms with Crippen molar-refractivity contribution in [1.82, 2.24) is 15.5 Å². The Hall–Kier alpha value is -3.21. The van der Waals surface area contributed by atoms with Crippen LogP contribution in [0.25, 0.3) is 11.3 Å². The number of carbonyl (C=O) groups is 1. The molecule has 1 atom stereocenters. The Bertz CT molecular complexity index is 1070. The maximum atomic E-state index is 13.0. The minimum absolute atomic E-state index is 0.0696. The molecule has 0 spiro atoms. The minimum Gasteiger partial charge on any atom is -0.355 e. The van der Waals surface area contributed by atoms with Crippen LogP contribution in [0.4, 0.5) is 5.82 Å². The molecule has 5 nitrogen and oxygen atoms in total. The smallest absolute Gasteiger partial charge is 0.223 e. The first kappa shape index (κ1) is 20.7. The second kappa shape index (κ2) is 9.11. The number of hydrogen-bond donors (Lipinski definition) is 1. The SMILES string of the molecule is Cc1ccc(-c2ccc(N3CCC(C(=O)N[C@@H]4CCCc5ccccc54)CC3)nn2)cc1. The highest BCUT2D eigenvalue weighted by molar-refractivity contribution is 5.79. The molecule has 3 aromatic rings. The number of benzene rings is 2. The van der Waals surface area contributed by atoms with Gasteiger partial charge in [-0.05, 0) is 62.3 Å². The van der Waals surface area contributed by atoms with Gasteiger partial charge in [0.15, 0.2) is 5.82 Å². The van der Waals surface area contributed by atoms with Gasteiger partial charge in [0, 0.05) is 24.6 Å². The van der Waals surface area contributed by atoms with Crippen LogP contribution in [0, 0.1) is 12.8 Å². The number of rotatable bonds is 4. The lowest BCUT2D eigenvalue weighted by molar-refractivity contribution is -0.126. The number of anilines is 1. The first-order valence-electron chi connectivity index (χ1n) is 11.7. The third kappa shape index (κ3) is 4.38. The number of piperidine rings is 1. The van der Waals surface area contributed by atoms with Crippen molar-refractivity contribution in [2.45, 2.75) is 45.1 Å². The van der Waals surface area contributed by atoms with Crippen LogP contribution in [0.3, 0.4) is 0 Å². The van der Waals surface area contributed by atoms with Crippen molar-refractivity contribution >= 4 is 11.7 Å². The second-order valence-corrected chi connectivity index (χ2v) is 9.06. The van der Waals surface area contributed by atoms with E-state index in [4.69, 9.17) is 0 Å². The molecule has 1 aliphatic heterocycles. The summed E-state index contributed by atoms with van der Waals surface area (Å²) in [5.41, 5.74) is 5.88. The summed E-state index contributed by atoms with van der Waals surface area (Å²) >= 11 is 0. The summed E-state index contributed by atoms with van der Waals surface area (Å²) in [5.74, 6) is 1.16. The van der Waals surface area contributed by atoms with Gasteiger partial charge in [0.1, 0.15) is 0 Å². The monoisotopic (exact) mass is 426 g/mol. The molecule has 32 heavy (non-hydrogen) atoms. The summed E-state index contributed by atoms with van der Waals surface area (Å²) in [5, 5.41) is 12.2. The lowest BCUT2D eigenvalue weighted by Crippen LogP contribution is -2.42. The van der Waals surface area contributed by atoms with Gasteiger partial charge in [-0.15, -0.1) is 10.2 Å². The van der Waals surface area contributed by atoms with Gasteiger partial charge in [-0.1, -0.05) is 54.1 Å². The van der Waals surface area contributed by atoms with E-state index in [1.54, 1.807) is 0 Å². The second-order valence-electron chi connectivity index (χ2n) is 9.06. The fraction of sp³-hybridized carbons (Fsp3) is 0.370. The molecule has 5 heteroatoms. The zero-order valence-corrected chi connectivity index (χ0v) is 18.6. The van der Waals surface area contributed by atoms with E-state index in [1.165, 1.54) is 16.7 Å². The number of amides is 1. The van der Waals surface area contributed by atoms with Crippen molar-refractivity contribution in [2.24, 2.45) is 5.92 Å². The van der Waals surface area contributed by atoms with E-state index in [0.717, 1.165) is 62.3 Å². The molecular formula is C27H30N4O. The number of nitrogens with zero attached hydrogens (tertiary/aromatic N) is 3. The third-order valence-corrected chi connectivity index (χ3v) is 6.87. The average molecular weight is 427 g/mol. The van der Waals surface area contributed by atoms with Gasteiger partial charge < -0.3 is 10.2 Å². The topological polar surface area (TPSA) is 58.1 Å². The summed E-state index contributed by atoms with van der Waals surface area (Å²) in [7, 11) is 0. The number of nitrogens with one attached hydrogen (secondary N) is 1. The van der Waals surface area contributed by atoms with E-state index in [2.05, 4.69) is 75.9 Å². The first-order valence-corrected chi connectivity index (χ1v) is 11.7. The van der Waals surface area contributed by atoms with Crippen molar-refractivity contribution in [3.05, 3.63) is 77.4 Å². The van der Waals surface area contributed by atoms with E-state index < -0.39 is 0 Å². The van der Waals surface area contributed by atoms with E-state index in [0.29, 0.717) is 0 Å². The summed E-state index contributed by atoms with van der Waals surface area (Å²) in [6.07, 6.45) is 4.98. The zero-order valence-electron chi connectivity index (χ0n) is 18.6. The van der Waals surface area contributed by atoms with Crippen LogP contribution < -0.4 is 10.2 Å². The molecule has 164 valence electrons. The fourth-order valence-corrected chi connectivity index (χ4v) is 4.94. The lowest BCUT2D eigenvalue weighted by Gasteiger charge is -2.33. The molecule has 0 unspecified atom stereocenters. The summed E-state index contributed by atoms with van der Waals surface area (Å²) in [6, 6.07) is 21.1. The number of aryl methyl sites for hydroxylation is 2. The maximum Gasteiger partial charge on any atom is 0.223 e. The molecule has 5 rings (SSSR count). The van der Waals surface area contributed by atoms with Gasteiger partial charge in [-0.3, -0.25) is 4.79 Å². The number of aromatic nitrogens is 2. The third-order valence-electron chi connectivity index (χ3n) is 6.87. The summed E-state index contributed by atoms with van der Waals surface area (Å²) < 4.78 is 0. The fourth-order valence-electron chi connectivity index (χ4n) is 4.94. The molecule has 1 aliphatic carbocycles. The highest BCUT2D eigenvalue weighted by Crippen LogP contribution is 2.31. The maximum absolute atomic E-state index is 13.0. The average Bonchev–Trinajstić information content (AvgIpc) is 2.85. The summed E-state index contributed by atoms with van der Waals surface area (Å²) in [6.45, 7) is 3.74. The van der Waals surface area contributed by atoms with Crippen LogP contribution in [-0.4, -0.2) is 29.2 Å². The van der Waals surface area contributed by atoms with Crippen LogP contribution in [0.5, 0.6) is 0 Å². The molecular weight excluding hydrogens is 396 g/mol. The van der Waals surface area contributed by atoms with Crippen LogP contribution in [0.1, 0.15) is 48.4 Å². The van der Waals surface area contributed by atoms with Gasteiger partial charge in [0.05, 0.1) is 11.7 Å². The highest BCUT2D eigenvalue weighted by atomic mass is 16.1. The Kier molecular flexibility index (Phi) is 5.89. The number of carbonyl (C=O) groups excluding carboxylic acids is 1. The Labute approximate surface area is 189 Å². The Morgan fingerprint density at radius 1 is 0.938 bits per heavy atom. The molecule has 1 fully saturated rings. The number of hydrogen-bond acceptors (Lipinski definition) is 4.